The van der Waals surface area contributed by atoms with E-state index in [-0.39, 0.29) is 5.69 Å². The van der Waals surface area contributed by atoms with Gasteiger partial charge in [0.2, 0.25) is 5.89 Å². The number of rotatable bonds is 4. The Morgan fingerprint density at radius 2 is 2.32 bits per heavy atom. The van der Waals surface area contributed by atoms with Gasteiger partial charge in [-0.25, -0.2) is 0 Å². The molecule has 0 bridgehead atoms. The van der Waals surface area contributed by atoms with Crippen molar-refractivity contribution in [2.24, 2.45) is 0 Å². The van der Waals surface area contributed by atoms with E-state index in [0.29, 0.717) is 28.9 Å². The molecule has 8 heteroatoms. The van der Waals surface area contributed by atoms with Crippen LogP contribution in [0.5, 0.6) is 0 Å². The smallest absolute Gasteiger partial charge is 0.273 e. The molecular weight excluding hydrogens is 270 g/mol. The van der Waals surface area contributed by atoms with Gasteiger partial charge in [-0.15, -0.1) is 0 Å². The van der Waals surface area contributed by atoms with Crippen molar-refractivity contribution in [1.82, 2.24) is 25.7 Å². The van der Waals surface area contributed by atoms with Gasteiger partial charge < -0.3 is 9.84 Å². The number of aromatic nitrogens is 4. The van der Waals surface area contributed by atoms with Crippen molar-refractivity contribution in [3.05, 3.63) is 28.1 Å². The fourth-order valence-electron chi connectivity index (χ4n) is 1.48. The molecule has 0 aliphatic rings. The summed E-state index contributed by atoms with van der Waals surface area (Å²) in [5, 5.41) is 13.3. The lowest BCUT2D eigenvalue weighted by molar-refractivity contribution is 0.0927. The van der Waals surface area contributed by atoms with Gasteiger partial charge in [-0.05, 0) is 13.8 Å². The Hall–Kier alpha value is -1.89. The Labute approximate surface area is 114 Å². The predicted molar refractivity (Wildman–Crippen MR) is 67.9 cm³/mol. The molecule has 2 N–H and O–H groups in total. The minimum Gasteiger partial charge on any atom is -0.339 e. The van der Waals surface area contributed by atoms with Crippen LogP contribution in [0.1, 0.15) is 47.8 Å². The van der Waals surface area contributed by atoms with Gasteiger partial charge >= 0.3 is 0 Å². The van der Waals surface area contributed by atoms with Crippen molar-refractivity contribution in [1.29, 1.82) is 0 Å². The molecular formula is C11H14ClN5O2. The van der Waals surface area contributed by atoms with E-state index in [1.807, 2.05) is 6.92 Å². The number of halogens is 1. The number of nitrogens with zero attached hydrogens (tertiary/aromatic N) is 3. The lowest BCUT2D eigenvalue weighted by Gasteiger charge is -2.08. The van der Waals surface area contributed by atoms with Gasteiger partial charge in [0.05, 0.1) is 10.7 Å². The monoisotopic (exact) mass is 283 g/mol. The van der Waals surface area contributed by atoms with E-state index in [1.54, 1.807) is 13.8 Å². The highest BCUT2D eigenvalue weighted by Gasteiger charge is 2.21. The van der Waals surface area contributed by atoms with Crippen LogP contribution in [0.2, 0.25) is 5.02 Å². The van der Waals surface area contributed by atoms with Crippen LogP contribution in [0.25, 0.3) is 0 Å². The Morgan fingerprint density at radius 1 is 1.58 bits per heavy atom. The Balaban J connectivity index is 2.08. The van der Waals surface area contributed by atoms with E-state index >= 15 is 0 Å². The molecule has 2 aromatic rings. The first-order chi connectivity index (χ1) is 9.02. The minimum absolute atomic E-state index is 0.154. The number of aromatic amines is 1. The van der Waals surface area contributed by atoms with Crippen LogP contribution in [0, 0.1) is 6.92 Å². The fourth-order valence-corrected chi connectivity index (χ4v) is 1.65. The van der Waals surface area contributed by atoms with Crippen LogP contribution < -0.4 is 5.32 Å². The van der Waals surface area contributed by atoms with Gasteiger partial charge in [0.25, 0.3) is 5.91 Å². The zero-order valence-electron chi connectivity index (χ0n) is 10.8. The summed E-state index contributed by atoms with van der Waals surface area (Å²) in [6.07, 6.45) is 0.675. The number of hydrogen-bond acceptors (Lipinski definition) is 5. The van der Waals surface area contributed by atoms with Gasteiger partial charge in [-0.3, -0.25) is 9.89 Å². The maximum atomic E-state index is 12.0. The lowest BCUT2D eigenvalue weighted by Crippen LogP contribution is -2.27. The van der Waals surface area contributed by atoms with Crippen molar-refractivity contribution >= 4 is 17.5 Å². The number of carbonyl (C=O) groups is 1. The van der Waals surface area contributed by atoms with Crippen molar-refractivity contribution in [3.8, 4) is 0 Å². The molecule has 2 rings (SSSR count). The first-order valence-electron chi connectivity index (χ1n) is 5.86. The Morgan fingerprint density at radius 3 is 2.84 bits per heavy atom. The van der Waals surface area contributed by atoms with Crippen molar-refractivity contribution in [2.45, 2.75) is 33.2 Å². The van der Waals surface area contributed by atoms with E-state index in [2.05, 4.69) is 25.7 Å². The molecule has 19 heavy (non-hydrogen) atoms. The molecule has 7 nitrogen and oxygen atoms in total. The molecule has 0 aromatic carbocycles. The molecule has 0 spiro atoms. The summed E-state index contributed by atoms with van der Waals surface area (Å²) in [5.74, 6) is 0.566. The molecule has 1 amide bonds. The third-order valence-electron chi connectivity index (χ3n) is 2.61. The third kappa shape index (κ3) is 2.76. The quantitative estimate of drug-likeness (QED) is 0.892. The topological polar surface area (TPSA) is 96.7 Å². The molecule has 1 atom stereocenters. The number of nitrogens with one attached hydrogen (secondary N) is 2. The number of hydrogen-bond donors (Lipinski definition) is 2. The van der Waals surface area contributed by atoms with Crippen LogP contribution in [0.3, 0.4) is 0 Å². The highest BCUT2D eigenvalue weighted by Crippen LogP contribution is 2.18. The number of aryl methyl sites for hydroxylation is 2. The minimum atomic E-state index is -0.409. The molecule has 0 saturated carbocycles. The van der Waals surface area contributed by atoms with Gasteiger partial charge in [-0.2, -0.15) is 10.1 Å². The zero-order valence-corrected chi connectivity index (χ0v) is 11.6. The van der Waals surface area contributed by atoms with Crippen molar-refractivity contribution in [3.63, 3.8) is 0 Å². The van der Waals surface area contributed by atoms with Crippen LogP contribution in [-0.2, 0) is 6.42 Å². The second kappa shape index (κ2) is 5.40. The van der Waals surface area contributed by atoms with Crippen molar-refractivity contribution < 1.29 is 9.32 Å². The SMILES string of the molecule is CCc1noc([C@@H](C)NC(=O)c2n[nH]c(C)c2Cl)n1. The summed E-state index contributed by atoms with van der Waals surface area (Å²) in [6, 6.07) is -0.409. The first kappa shape index (κ1) is 13.5. The number of carbonyl (C=O) groups excluding carboxylic acids is 1. The molecule has 0 aliphatic carbocycles. The Kier molecular flexibility index (Phi) is 3.84. The fraction of sp³-hybridized carbons (Fsp3) is 0.455. The summed E-state index contributed by atoms with van der Waals surface area (Å²) in [5.41, 5.74) is 0.798. The van der Waals surface area contributed by atoms with Gasteiger partial charge in [0.15, 0.2) is 11.5 Å². The average molecular weight is 284 g/mol. The van der Waals surface area contributed by atoms with Gasteiger partial charge in [0.1, 0.15) is 6.04 Å². The molecule has 0 radical (unpaired) electrons. The largest absolute Gasteiger partial charge is 0.339 e. The highest BCUT2D eigenvalue weighted by atomic mass is 35.5. The summed E-state index contributed by atoms with van der Waals surface area (Å²) in [4.78, 5) is 16.1. The van der Waals surface area contributed by atoms with Crippen LogP contribution >= 0.6 is 11.6 Å². The van der Waals surface area contributed by atoms with Crippen LogP contribution in [0.4, 0.5) is 0 Å². The van der Waals surface area contributed by atoms with Crippen molar-refractivity contribution in [2.75, 3.05) is 0 Å². The number of H-pyrrole nitrogens is 1. The molecule has 2 aromatic heterocycles. The maximum Gasteiger partial charge on any atom is 0.273 e. The van der Waals surface area contributed by atoms with E-state index in [0.717, 1.165) is 0 Å². The molecule has 0 unspecified atom stereocenters. The van der Waals surface area contributed by atoms with E-state index < -0.39 is 11.9 Å². The van der Waals surface area contributed by atoms with Gasteiger partial charge in [0, 0.05) is 6.42 Å². The van der Waals surface area contributed by atoms with E-state index in [9.17, 15) is 4.79 Å². The molecule has 102 valence electrons. The van der Waals surface area contributed by atoms with Crippen LogP contribution in [0.15, 0.2) is 4.52 Å². The predicted octanol–water partition coefficient (Wildman–Crippen LogP) is 1.81. The molecule has 2 heterocycles. The summed E-state index contributed by atoms with van der Waals surface area (Å²) in [6.45, 7) is 5.41. The van der Waals surface area contributed by atoms with Crippen LogP contribution in [-0.4, -0.2) is 26.2 Å². The van der Waals surface area contributed by atoms with E-state index in [1.165, 1.54) is 0 Å². The Bertz CT molecular complexity index is 592. The first-order valence-corrected chi connectivity index (χ1v) is 6.24. The second-order valence-corrected chi connectivity index (χ2v) is 4.49. The summed E-state index contributed by atoms with van der Waals surface area (Å²) < 4.78 is 5.05. The lowest BCUT2D eigenvalue weighted by atomic mass is 10.3. The van der Waals surface area contributed by atoms with Gasteiger partial charge in [-0.1, -0.05) is 23.7 Å². The standard InChI is InChI=1S/C11H14ClN5O2/c1-4-7-14-11(19-17-7)6(3)13-10(18)9-8(12)5(2)15-16-9/h6H,4H2,1-3H3,(H,13,18)(H,15,16)/t6-/m1/s1. The summed E-state index contributed by atoms with van der Waals surface area (Å²) in [7, 11) is 0. The third-order valence-corrected chi connectivity index (χ3v) is 3.07. The average Bonchev–Trinajstić information content (AvgIpc) is 2.98. The molecule has 0 aliphatic heterocycles. The van der Waals surface area contributed by atoms with E-state index in [4.69, 9.17) is 16.1 Å². The normalized spacial score (nSPS) is 12.4. The zero-order chi connectivity index (χ0) is 14.0. The second-order valence-electron chi connectivity index (χ2n) is 4.11. The highest BCUT2D eigenvalue weighted by molar-refractivity contribution is 6.34. The number of amides is 1. The molecule has 0 saturated heterocycles. The molecule has 0 fully saturated rings. The summed E-state index contributed by atoms with van der Waals surface area (Å²) >= 11 is 5.95. The maximum absolute atomic E-state index is 12.0.